The van der Waals surface area contributed by atoms with Gasteiger partial charge in [0.25, 0.3) is 11.8 Å². The molecule has 2 amide bonds. The maximum Gasteiger partial charge on any atom is 0.282 e. The summed E-state index contributed by atoms with van der Waals surface area (Å²) in [5, 5.41) is 7.02. The number of anilines is 2. The highest BCUT2D eigenvalue weighted by Gasteiger charge is 2.41. The van der Waals surface area contributed by atoms with E-state index in [1.54, 1.807) is 0 Å². The molecule has 0 radical (unpaired) electrons. The monoisotopic (exact) mass is 452 g/mol. The molecule has 0 spiro atoms. The minimum Gasteiger partial charge on any atom is -0.350 e. The normalized spacial score (nSPS) is 14.5. The molecule has 5 rings (SSSR count). The van der Waals surface area contributed by atoms with Gasteiger partial charge in [-0.3, -0.25) is 9.59 Å². The molecule has 0 aliphatic carbocycles. The van der Waals surface area contributed by atoms with Gasteiger partial charge < -0.3 is 5.32 Å². The van der Waals surface area contributed by atoms with Crippen molar-refractivity contribution in [2.24, 2.45) is 0 Å². The van der Waals surface area contributed by atoms with E-state index >= 15 is 0 Å². The van der Waals surface area contributed by atoms with Crippen molar-refractivity contribution in [2.75, 3.05) is 10.2 Å². The number of amides is 2. The van der Waals surface area contributed by atoms with E-state index in [-0.39, 0.29) is 17.2 Å². The first-order chi connectivity index (χ1) is 15.8. The second-order valence-electron chi connectivity index (χ2n) is 9.12. The van der Waals surface area contributed by atoms with Gasteiger partial charge >= 0.3 is 0 Å². The maximum absolute atomic E-state index is 13.7. The van der Waals surface area contributed by atoms with Crippen LogP contribution in [0.3, 0.4) is 0 Å². The number of hydrogen-bond acceptors (Lipinski definition) is 4. The van der Waals surface area contributed by atoms with Crippen LogP contribution >= 0.6 is 11.3 Å². The summed E-state index contributed by atoms with van der Waals surface area (Å²) in [5.41, 5.74) is 3.31. The van der Waals surface area contributed by atoms with Gasteiger partial charge in [0.1, 0.15) is 5.70 Å². The summed E-state index contributed by atoms with van der Waals surface area (Å²) in [6.45, 7) is 6.48. The van der Waals surface area contributed by atoms with Crippen molar-refractivity contribution in [1.82, 2.24) is 0 Å². The standard InChI is InChI=1S/C28H24N2O2S/c1-28(2,3)19-13-15-20(16-14-19)29-25-24(23-12-7-17-33-23)26(31)30(27(25)32)22-11-6-9-18-8-4-5-10-21(18)22/h4-17,29H,1-3H3. The van der Waals surface area contributed by atoms with Crippen LogP contribution in [-0.2, 0) is 15.0 Å². The molecule has 4 aromatic rings. The second kappa shape index (κ2) is 8.01. The molecular formula is C28H24N2O2S. The first-order valence-electron chi connectivity index (χ1n) is 10.9. The first-order valence-corrected chi connectivity index (χ1v) is 11.7. The quantitative estimate of drug-likeness (QED) is 0.355. The maximum atomic E-state index is 13.7. The number of imide groups is 1. The zero-order chi connectivity index (χ0) is 23.2. The lowest BCUT2D eigenvalue weighted by atomic mass is 9.87. The molecule has 1 aliphatic heterocycles. The van der Waals surface area contributed by atoms with Gasteiger partial charge in [-0.05, 0) is 46.0 Å². The summed E-state index contributed by atoms with van der Waals surface area (Å²) in [4.78, 5) is 29.4. The van der Waals surface area contributed by atoms with E-state index in [0.29, 0.717) is 17.0 Å². The van der Waals surface area contributed by atoms with E-state index in [0.717, 1.165) is 21.3 Å². The van der Waals surface area contributed by atoms with E-state index in [1.165, 1.54) is 21.8 Å². The predicted octanol–water partition coefficient (Wildman–Crippen LogP) is 6.60. The second-order valence-corrected chi connectivity index (χ2v) is 10.1. The molecule has 0 atom stereocenters. The van der Waals surface area contributed by atoms with E-state index in [1.807, 2.05) is 72.1 Å². The molecular weight excluding hydrogens is 428 g/mol. The van der Waals surface area contributed by atoms with Crippen LogP contribution in [0.25, 0.3) is 16.3 Å². The predicted molar refractivity (Wildman–Crippen MR) is 136 cm³/mol. The van der Waals surface area contributed by atoms with Crippen LogP contribution in [0.5, 0.6) is 0 Å². The van der Waals surface area contributed by atoms with E-state index in [2.05, 4.69) is 38.2 Å². The fourth-order valence-electron chi connectivity index (χ4n) is 4.12. The van der Waals surface area contributed by atoms with Crippen molar-refractivity contribution < 1.29 is 9.59 Å². The lowest BCUT2D eigenvalue weighted by Gasteiger charge is -2.20. The fraction of sp³-hybridized carbons (Fsp3) is 0.143. The van der Waals surface area contributed by atoms with Crippen molar-refractivity contribution in [1.29, 1.82) is 0 Å². The molecule has 3 aromatic carbocycles. The summed E-state index contributed by atoms with van der Waals surface area (Å²) in [7, 11) is 0. The van der Waals surface area contributed by atoms with Gasteiger partial charge in [-0.1, -0.05) is 75.4 Å². The Kier molecular flexibility index (Phi) is 5.14. The number of nitrogens with zero attached hydrogens (tertiary/aromatic N) is 1. The number of hydrogen-bond donors (Lipinski definition) is 1. The van der Waals surface area contributed by atoms with Crippen LogP contribution in [-0.4, -0.2) is 11.8 Å². The van der Waals surface area contributed by atoms with Gasteiger partial charge in [-0.25, -0.2) is 4.90 Å². The molecule has 1 N–H and O–H groups in total. The lowest BCUT2D eigenvalue weighted by molar-refractivity contribution is -0.120. The fourth-order valence-corrected chi connectivity index (χ4v) is 4.88. The Morgan fingerprint density at radius 3 is 2.21 bits per heavy atom. The van der Waals surface area contributed by atoms with Crippen LogP contribution in [0.15, 0.2) is 89.9 Å². The summed E-state index contributed by atoms with van der Waals surface area (Å²) in [6.07, 6.45) is 0. The molecule has 1 aromatic heterocycles. The van der Waals surface area contributed by atoms with Crippen molar-refractivity contribution in [3.8, 4) is 0 Å². The Balaban J connectivity index is 1.59. The number of fused-ring (bicyclic) bond motifs is 1. The Hall–Kier alpha value is -3.70. The number of rotatable bonds is 4. The third-order valence-electron chi connectivity index (χ3n) is 5.88. The van der Waals surface area contributed by atoms with Gasteiger partial charge in [-0.15, -0.1) is 11.3 Å². The summed E-state index contributed by atoms with van der Waals surface area (Å²) in [6, 6.07) is 25.2. The number of benzene rings is 3. The molecule has 33 heavy (non-hydrogen) atoms. The zero-order valence-electron chi connectivity index (χ0n) is 18.8. The van der Waals surface area contributed by atoms with Crippen molar-refractivity contribution in [3.63, 3.8) is 0 Å². The lowest BCUT2D eigenvalue weighted by Crippen LogP contribution is -2.32. The Labute approximate surface area is 197 Å². The van der Waals surface area contributed by atoms with Crippen LogP contribution in [0.4, 0.5) is 11.4 Å². The molecule has 0 saturated heterocycles. The first kappa shape index (κ1) is 21.2. The van der Waals surface area contributed by atoms with Crippen LogP contribution < -0.4 is 10.2 Å². The molecule has 4 nitrogen and oxygen atoms in total. The summed E-state index contributed by atoms with van der Waals surface area (Å²) in [5.74, 6) is -0.660. The van der Waals surface area contributed by atoms with E-state index < -0.39 is 0 Å². The van der Waals surface area contributed by atoms with Gasteiger partial charge in [-0.2, -0.15) is 0 Å². The van der Waals surface area contributed by atoms with E-state index in [9.17, 15) is 9.59 Å². The minimum absolute atomic E-state index is 0.0320. The van der Waals surface area contributed by atoms with Crippen molar-refractivity contribution in [2.45, 2.75) is 26.2 Å². The number of carbonyl (C=O) groups excluding carboxylic acids is 2. The third-order valence-corrected chi connectivity index (χ3v) is 6.77. The van der Waals surface area contributed by atoms with Crippen molar-refractivity contribution in [3.05, 3.63) is 100 Å². The zero-order valence-corrected chi connectivity index (χ0v) is 19.6. The number of carbonyl (C=O) groups is 2. The largest absolute Gasteiger partial charge is 0.350 e. The summed E-state index contributed by atoms with van der Waals surface area (Å²) >= 11 is 1.45. The number of thiophene rings is 1. The molecule has 2 heterocycles. The Morgan fingerprint density at radius 1 is 0.788 bits per heavy atom. The highest BCUT2D eigenvalue weighted by atomic mass is 32.1. The summed E-state index contributed by atoms with van der Waals surface area (Å²) < 4.78 is 0. The third kappa shape index (κ3) is 3.74. The minimum atomic E-state index is -0.348. The molecule has 0 bridgehead atoms. The van der Waals surface area contributed by atoms with Gasteiger partial charge in [0, 0.05) is 16.0 Å². The van der Waals surface area contributed by atoms with Crippen molar-refractivity contribution >= 4 is 50.9 Å². The average molecular weight is 453 g/mol. The van der Waals surface area contributed by atoms with Gasteiger partial charge in [0.2, 0.25) is 0 Å². The van der Waals surface area contributed by atoms with Crippen LogP contribution in [0.1, 0.15) is 31.2 Å². The highest BCUT2D eigenvalue weighted by Crippen LogP contribution is 2.38. The smallest absolute Gasteiger partial charge is 0.282 e. The molecule has 0 unspecified atom stereocenters. The molecule has 0 saturated carbocycles. The molecule has 164 valence electrons. The van der Waals surface area contributed by atoms with Gasteiger partial charge in [0.15, 0.2) is 0 Å². The number of nitrogens with one attached hydrogen (secondary N) is 1. The highest BCUT2D eigenvalue weighted by molar-refractivity contribution is 7.11. The SMILES string of the molecule is CC(C)(C)c1ccc(NC2=C(c3cccs3)C(=O)N(c3cccc4ccccc34)C2=O)cc1. The van der Waals surface area contributed by atoms with E-state index in [4.69, 9.17) is 0 Å². The topological polar surface area (TPSA) is 49.4 Å². The molecule has 0 fully saturated rings. The van der Waals surface area contributed by atoms with Crippen LogP contribution in [0.2, 0.25) is 0 Å². The average Bonchev–Trinajstić information content (AvgIpc) is 3.40. The van der Waals surface area contributed by atoms with Crippen LogP contribution in [0, 0.1) is 0 Å². The molecule has 1 aliphatic rings. The Bertz CT molecular complexity index is 1390. The molecule has 5 heteroatoms. The van der Waals surface area contributed by atoms with Gasteiger partial charge in [0.05, 0.1) is 11.3 Å². The Morgan fingerprint density at radius 2 is 1.52 bits per heavy atom.